The smallest absolute Gasteiger partial charge is 0.364 e. The van der Waals surface area contributed by atoms with Gasteiger partial charge in [0.2, 0.25) is 29.5 Å². The summed E-state index contributed by atoms with van der Waals surface area (Å²) in [7, 11) is 0. The Labute approximate surface area is 593 Å². The Bertz CT molecular complexity index is 2900. The third-order valence-electron chi connectivity index (χ3n) is 18.5. The van der Waals surface area contributed by atoms with Crippen molar-refractivity contribution in [1.29, 1.82) is 0 Å². The van der Waals surface area contributed by atoms with Crippen LogP contribution in [0.5, 0.6) is 0 Å². The molecule has 0 aromatic carbocycles. The van der Waals surface area contributed by atoms with Crippen molar-refractivity contribution in [2.24, 2.45) is 0 Å². The Balaban J connectivity index is 1.06. The van der Waals surface area contributed by atoms with Crippen molar-refractivity contribution < 1.29 is 207 Å². The molecule has 0 saturated carbocycles. The van der Waals surface area contributed by atoms with E-state index in [0.29, 0.717) is 0 Å². The molecule has 7 heterocycles. The van der Waals surface area contributed by atoms with Gasteiger partial charge in [0.25, 0.3) is 11.6 Å². The van der Waals surface area contributed by atoms with Crippen LogP contribution in [0.2, 0.25) is 0 Å². The second-order valence-electron chi connectivity index (χ2n) is 26.2. The van der Waals surface area contributed by atoms with E-state index in [-0.39, 0.29) is 0 Å². The Morgan fingerprint density at radius 3 is 1.09 bits per heavy atom. The summed E-state index contributed by atoms with van der Waals surface area (Å²) in [5, 5.41) is 251. The molecule has 0 spiro atoms. The average Bonchev–Trinajstić information content (AvgIpc) is 0.775. The summed E-state index contributed by atoms with van der Waals surface area (Å²) in [4.78, 5) is 88.1. The summed E-state index contributed by atoms with van der Waals surface area (Å²) in [6.45, 7) is -3.00. The van der Waals surface area contributed by atoms with Gasteiger partial charge in [-0.05, 0) is 0 Å². The molecule has 27 N–H and O–H groups in total. The van der Waals surface area contributed by atoms with Gasteiger partial charge in [0.1, 0.15) is 159 Å². The first kappa shape index (κ1) is 87.2. The topological polar surface area (TPSA) is 745 Å². The van der Waals surface area contributed by atoms with Gasteiger partial charge < -0.3 is 201 Å². The summed E-state index contributed by atoms with van der Waals surface area (Å²) in [6, 6.07) is -8.83. The number of aliphatic hydroxyl groups excluding tert-OH is 20. The number of hydrogen-bond acceptors (Lipinski definition) is 40. The lowest BCUT2D eigenvalue weighted by atomic mass is 9.88. The molecule has 0 aromatic heterocycles. The molecule has 7 aliphatic rings. The average molecular weight is 1530 g/mol. The molecule has 37 atom stereocenters. The van der Waals surface area contributed by atoms with Gasteiger partial charge in [-0.25, -0.2) is 9.59 Å². The van der Waals surface area contributed by atoms with Gasteiger partial charge in [0.05, 0.1) is 70.5 Å². The van der Waals surface area contributed by atoms with E-state index in [1.54, 1.807) is 0 Å². The van der Waals surface area contributed by atoms with Crippen molar-refractivity contribution in [2.45, 2.75) is 273 Å². The molecule has 7 aliphatic heterocycles. The lowest BCUT2D eigenvalue weighted by Crippen LogP contribution is -2.71. The molecule has 0 unspecified atom stereocenters. The monoisotopic (exact) mass is 1530 g/mol. The molecule has 604 valence electrons. The van der Waals surface area contributed by atoms with Crippen molar-refractivity contribution in [3.63, 3.8) is 0 Å². The van der Waals surface area contributed by atoms with Gasteiger partial charge in [-0.2, -0.15) is 0 Å². The lowest BCUT2D eigenvalue weighted by molar-refractivity contribution is -0.368. The molecule has 5 amide bonds. The van der Waals surface area contributed by atoms with E-state index in [2.05, 4.69) is 26.6 Å². The number of aliphatic hydroxyl groups is 20. The van der Waals surface area contributed by atoms with E-state index in [1.807, 2.05) is 0 Å². The lowest BCUT2D eigenvalue weighted by Gasteiger charge is -2.50. The Morgan fingerprint density at radius 2 is 0.724 bits per heavy atom. The fourth-order valence-corrected chi connectivity index (χ4v) is 13.1. The minimum absolute atomic E-state index is 0.811. The van der Waals surface area contributed by atoms with Gasteiger partial charge in [0, 0.05) is 47.5 Å². The predicted molar refractivity (Wildman–Crippen MR) is 324 cm³/mol. The largest absolute Gasteiger partial charge is 0.477 e. The molecule has 105 heavy (non-hydrogen) atoms. The molecular formula is C58H95N5O42. The normalized spacial score (nSPS) is 43.6. The van der Waals surface area contributed by atoms with Crippen LogP contribution in [0.15, 0.2) is 0 Å². The molecule has 0 aliphatic carbocycles. The standard InChI is InChI=1S/C58H95N5O42/c1-15(68)59-29-20(73)6-57(55(89)90,104-48(29)34(77)22(75)8-64)94-13-27-36(79)41(84)43(86)53(99-27)101-45-24(10-66)97-51(31(39(45)82)61-17(3)70)93-12-26-38(81)47(33(50(88)96-26)63-19(5)72)103-52-32(62-18(4)71)40(83)46(25(11-67)98-52)102-54-44(87)42(85)37(80)28(100-54)14-95-58(56(91)92)7-21(74)30(60-16(2)69)49(105-58)35(78)23(76)9-65/h20-54,64-67,73-88H,6-14H2,1-5H3,(H,59,68)(H,60,69)(H,61,70)(H,62,71)(H,63,72)(H,89,90)(H,91,92)/t20-,21-,22+,23+,24+,25+,26+,27+,28+,29+,30+,31+,32+,33+,34+,35+,36-,37-,38-,39+,40+,41-,42-,43+,44+,45+,46+,47+,48+,49+,50+,51+,52-,53-,54-,57+,58+/m0/s1. The van der Waals surface area contributed by atoms with Crippen LogP contribution in [-0.2, 0) is 95.1 Å². The fraction of sp³-hybridized carbons (Fsp3) is 0.879. The van der Waals surface area contributed by atoms with E-state index in [9.17, 15) is 146 Å². The first-order valence-corrected chi connectivity index (χ1v) is 32.8. The van der Waals surface area contributed by atoms with Gasteiger partial charge in [-0.3, -0.25) is 24.0 Å². The summed E-state index contributed by atoms with van der Waals surface area (Å²) in [5.74, 6) is -14.4. The number of ether oxygens (including phenoxy) is 13. The summed E-state index contributed by atoms with van der Waals surface area (Å²) in [5.41, 5.74) is 0. The number of carboxylic acid groups (broad SMARTS) is 2. The van der Waals surface area contributed by atoms with Gasteiger partial charge in [0.15, 0.2) is 31.5 Å². The van der Waals surface area contributed by atoms with Crippen LogP contribution < -0.4 is 26.6 Å². The van der Waals surface area contributed by atoms with Crippen molar-refractivity contribution in [2.75, 3.05) is 46.2 Å². The first-order valence-electron chi connectivity index (χ1n) is 32.8. The number of hydrogen-bond donors (Lipinski definition) is 27. The van der Waals surface area contributed by atoms with E-state index in [4.69, 9.17) is 61.6 Å². The number of carboxylic acids is 2. The molecule has 7 rings (SSSR count). The molecule has 47 heteroatoms. The summed E-state index contributed by atoms with van der Waals surface area (Å²) < 4.78 is 75.0. The van der Waals surface area contributed by atoms with Gasteiger partial charge in [-0.1, -0.05) is 0 Å². The summed E-state index contributed by atoms with van der Waals surface area (Å²) >= 11 is 0. The second kappa shape index (κ2) is 37.1. The van der Waals surface area contributed by atoms with Crippen molar-refractivity contribution in [3.05, 3.63) is 0 Å². The van der Waals surface area contributed by atoms with Crippen LogP contribution >= 0.6 is 0 Å². The van der Waals surface area contributed by atoms with Crippen LogP contribution in [0.3, 0.4) is 0 Å². The fourth-order valence-electron chi connectivity index (χ4n) is 13.1. The zero-order chi connectivity index (χ0) is 78.3. The maximum Gasteiger partial charge on any atom is 0.364 e. The highest BCUT2D eigenvalue weighted by molar-refractivity contribution is 5.78. The molecule has 0 aromatic rings. The molecule has 7 fully saturated rings. The highest BCUT2D eigenvalue weighted by atomic mass is 16.8. The van der Waals surface area contributed by atoms with Gasteiger partial charge >= 0.3 is 11.9 Å². The third-order valence-corrected chi connectivity index (χ3v) is 18.5. The highest BCUT2D eigenvalue weighted by Crippen LogP contribution is 2.40. The second-order valence-corrected chi connectivity index (χ2v) is 26.2. The molecule has 0 bridgehead atoms. The zero-order valence-corrected chi connectivity index (χ0v) is 56.6. The maximum atomic E-state index is 12.9. The van der Waals surface area contributed by atoms with Gasteiger partial charge in [-0.15, -0.1) is 0 Å². The van der Waals surface area contributed by atoms with Crippen LogP contribution in [0, 0.1) is 0 Å². The Kier molecular flexibility index (Phi) is 30.8. The van der Waals surface area contributed by atoms with Crippen molar-refractivity contribution in [3.8, 4) is 0 Å². The van der Waals surface area contributed by atoms with Crippen LogP contribution in [0.1, 0.15) is 47.5 Å². The predicted octanol–water partition coefficient (Wildman–Crippen LogP) is -17.1. The molecule has 47 nitrogen and oxygen atoms in total. The number of rotatable bonds is 30. The Hall–Kier alpha value is -5.03. The SMILES string of the molecule is CC(=O)N[C@@H]1[C@@H](O[C@@H]2O[C@H](CO)[C@@H](O[C@@H]3O[C@H](CO[C@]4(C(=O)O)C[C@H](O)[C@@H](NC(C)=O)[C@H]([C@H](O)[C@H](O)CO)O4)[C@H](O)[C@H](O)[C@H]3O)[C@H](O)[C@H]2NC(C)=O)[C@@H](O)[C@@H](CO[C@@H]2O[C@H](CO)[C@@H](O[C@@H]3O[C@H](CO[C@]4(C(=O)O)C[C@H](O)[C@@H](NC(C)=O)[C@H]([C@H](O)[C@H](O)CO)O4)[C@H](O)[C@H](O)[C@H]3O)[C@H](O)[C@H]2NC(C)=O)O[C@H]1O. The minimum Gasteiger partial charge on any atom is -0.477 e. The Morgan fingerprint density at radius 1 is 0.390 bits per heavy atom. The zero-order valence-electron chi connectivity index (χ0n) is 56.6. The highest BCUT2D eigenvalue weighted by Gasteiger charge is 2.61. The molecular weight excluding hydrogens is 1440 g/mol. The maximum absolute atomic E-state index is 12.9. The van der Waals surface area contributed by atoms with E-state index in [0.717, 1.165) is 34.6 Å². The van der Waals surface area contributed by atoms with Crippen LogP contribution in [-0.4, -0.2) is 426 Å². The van der Waals surface area contributed by atoms with E-state index in [1.165, 1.54) is 0 Å². The number of amides is 5. The van der Waals surface area contributed by atoms with Crippen molar-refractivity contribution in [1.82, 2.24) is 26.6 Å². The first-order chi connectivity index (χ1) is 49.2. The number of aliphatic carboxylic acids is 2. The third kappa shape index (κ3) is 20.0. The van der Waals surface area contributed by atoms with Crippen molar-refractivity contribution >= 4 is 41.5 Å². The quantitative estimate of drug-likeness (QED) is 0.0318. The minimum atomic E-state index is -3.03. The summed E-state index contributed by atoms with van der Waals surface area (Å²) in [6.07, 6.45) is -64.7. The van der Waals surface area contributed by atoms with E-state index >= 15 is 0 Å². The van der Waals surface area contributed by atoms with Crippen LogP contribution in [0.25, 0.3) is 0 Å². The van der Waals surface area contributed by atoms with E-state index < -0.39 is 326 Å². The number of carbonyl (C=O) groups is 7. The molecule has 7 saturated heterocycles. The molecule has 0 radical (unpaired) electrons. The van der Waals surface area contributed by atoms with Crippen LogP contribution in [0.4, 0.5) is 0 Å². The number of carbonyl (C=O) groups excluding carboxylic acids is 5. The number of nitrogens with one attached hydrogen (secondary N) is 5.